The third-order valence-corrected chi connectivity index (χ3v) is 4.37. The molecule has 0 amide bonds. The van der Waals surface area contributed by atoms with Gasteiger partial charge in [-0.25, -0.2) is 13.8 Å². The van der Waals surface area contributed by atoms with Crippen molar-refractivity contribution in [2.24, 2.45) is 10.7 Å². The van der Waals surface area contributed by atoms with Crippen LogP contribution < -0.4 is 10.6 Å². The van der Waals surface area contributed by atoms with Crippen LogP contribution in [0.4, 0.5) is 20.2 Å². The first kappa shape index (κ1) is 17.9. The maximum atomic E-state index is 13.8. The highest BCUT2D eigenvalue weighted by Crippen LogP contribution is 2.27. The van der Waals surface area contributed by atoms with E-state index in [4.69, 9.17) is 5.73 Å². The molecule has 0 bridgehead atoms. The summed E-state index contributed by atoms with van der Waals surface area (Å²) in [5.41, 5.74) is 8.24. The Morgan fingerprint density at radius 2 is 1.85 bits per heavy atom. The van der Waals surface area contributed by atoms with Crippen LogP contribution in [0.15, 0.2) is 59.6 Å². The largest absolute Gasteiger partial charge is 0.369 e. The van der Waals surface area contributed by atoms with E-state index in [9.17, 15) is 8.78 Å². The van der Waals surface area contributed by atoms with Crippen molar-refractivity contribution in [1.29, 1.82) is 0 Å². The zero-order chi connectivity index (χ0) is 18.7. The van der Waals surface area contributed by atoms with Gasteiger partial charge in [0.15, 0.2) is 0 Å². The number of fused-ring (bicyclic) bond motifs is 1. The van der Waals surface area contributed by atoms with E-state index in [0.717, 1.165) is 11.1 Å². The average molecular weight is 353 g/mol. The molecule has 0 aliphatic carbocycles. The van der Waals surface area contributed by atoms with Crippen LogP contribution >= 0.6 is 0 Å². The van der Waals surface area contributed by atoms with Crippen LogP contribution in [0.2, 0.25) is 0 Å². The van der Waals surface area contributed by atoms with Gasteiger partial charge in [0.2, 0.25) is 5.96 Å². The van der Waals surface area contributed by atoms with Gasteiger partial charge in [-0.3, -0.25) is 0 Å². The van der Waals surface area contributed by atoms with E-state index in [1.807, 2.05) is 26.0 Å². The van der Waals surface area contributed by atoms with Gasteiger partial charge in [-0.1, -0.05) is 25.1 Å². The lowest BCUT2D eigenvalue weighted by atomic mass is 10.1. The van der Waals surface area contributed by atoms with E-state index in [0.29, 0.717) is 29.6 Å². The van der Waals surface area contributed by atoms with Crippen molar-refractivity contribution in [3.8, 4) is 0 Å². The first-order chi connectivity index (χ1) is 12.5. The van der Waals surface area contributed by atoms with Gasteiger partial charge in [-0.2, -0.15) is 0 Å². The lowest BCUT2D eigenvalue weighted by molar-refractivity contribution is 0.612. The van der Waals surface area contributed by atoms with Crippen LogP contribution in [-0.4, -0.2) is 12.5 Å². The molecule has 0 aliphatic rings. The predicted octanol–water partition coefficient (Wildman–Crippen LogP) is 5.15. The highest BCUT2D eigenvalue weighted by Gasteiger charge is 2.12. The Labute approximate surface area is 151 Å². The van der Waals surface area contributed by atoms with Gasteiger partial charge in [0, 0.05) is 17.6 Å². The second-order valence-electron chi connectivity index (χ2n) is 5.99. The average Bonchev–Trinajstić information content (AvgIpc) is 2.64. The van der Waals surface area contributed by atoms with E-state index in [1.54, 1.807) is 29.2 Å². The van der Waals surface area contributed by atoms with Crippen molar-refractivity contribution >= 4 is 28.1 Å². The number of aryl methyl sites for hydroxylation is 1. The molecule has 3 aromatic rings. The minimum Gasteiger partial charge on any atom is -0.369 e. The number of anilines is 1. The smallest absolute Gasteiger partial charge is 0.201 e. The monoisotopic (exact) mass is 353 g/mol. The molecular formula is C21H21F2N3. The molecule has 3 rings (SSSR count). The molecule has 0 saturated heterocycles. The van der Waals surface area contributed by atoms with Crippen LogP contribution in [0.25, 0.3) is 10.8 Å². The van der Waals surface area contributed by atoms with Crippen molar-refractivity contribution < 1.29 is 8.78 Å². The maximum Gasteiger partial charge on any atom is 0.201 e. The van der Waals surface area contributed by atoms with Gasteiger partial charge in [0.05, 0.1) is 5.69 Å². The van der Waals surface area contributed by atoms with Gasteiger partial charge in [-0.15, -0.1) is 0 Å². The highest BCUT2D eigenvalue weighted by molar-refractivity contribution is 6.00. The molecule has 3 nitrogen and oxygen atoms in total. The minimum atomic E-state index is -0.322. The van der Waals surface area contributed by atoms with Gasteiger partial charge in [0.1, 0.15) is 11.6 Å². The lowest BCUT2D eigenvalue weighted by Gasteiger charge is -2.23. The summed E-state index contributed by atoms with van der Waals surface area (Å²) in [5.74, 6) is -0.276. The fraction of sp³-hybridized carbons (Fsp3) is 0.190. The zero-order valence-electron chi connectivity index (χ0n) is 14.8. The molecule has 0 unspecified atom stereocenters. The van der Waals surface area contributed by atoms with E-state index in [1.165, 1.54) is 18.2 Å². The van der Waals surface area contributed by atoms with Gasteiger partial charge >= 0.3 is 0 Å². The Kier molecular flexibility index (Phi) is 5.16. The molecule has 26 heavy (non-hydrogen) atoms. The number of rotatable bonds is 4. The Morgan fingerprint density at radius 1 is 1.04 bits per heavy atom. The number of halogens is 2. The van der Waals surface area contributed by atoms with E-state index in [-0.39, 0.29) is 17.6 Å². The van der Waals surface area contributed by atoms with E-state index >= 15 is 0 Å². The van der Waals surface area contributed by atoms with Crippen molar-refractivity contribution in [2.75, 3.05) is 11.4 Å². The highest BCUT2D eigenvalue weighted by atomic mass is 19.1. The number of nitrogens with two attached hydrogens (primary N) is 1. The Hall–Kier alpha value is -2.95. The second kappa shape index (κ2) is 7.52. The molecule has 0 aromatic heterocycles. The fourth-order valence-electron chi connectivity index (χ4n) is 2.99. The summed E-state index contributed by atoms with van der Waals surface area (Å²) in [6.07, 6.45) is 0.594. The molecule has 0 spiro atoms. The lowest BCUT2D eigenvalue weighted by Crippen LogP contribution is -2.37. The summed E-state index contributed by atoms with van der Waals surface area (Å²) in [7, 11) is 0. The van der Waals surface area contributed by atoms with Gasteiger partial charge in [0.25, 0.3) is 0 Å². The first-order valence-electron chi connectivity index (χ1n) is 8.62. The third kappa shape index (κ3) is 3.52. The summed E-state index contributed by atoms with van der Waals surface area (Å²) < 4.78 is 27.4. The second-order valence-corrected chi connectivity index (χ2v) is 5.99. The molecular weight excluding hydrogens is 332 g/mol. The Bertz CT molecular complexity index is 967. The molecule has 134 valence electrons. The van der Waals surface area contributed by atoms with Crippen LogP contribution in [0, 0.1) is 11.6 Å². The number of guanidine groups is 1. The summed E-state index contributed by atoms with van der Waals surface area (Å²) >= 11 is 0. The maximum absolute atomic E-state index is 13.8. The molecule has 2 N–H and O–H groups in total. The van der Waals surface area contributed by atoms with E-state index in [2.05, 4.69) is 4.99 Å². The standard InChI is InChI=1S/C21H21F2N3/c1-3-14-12-17(10-11-19(14)23)26(4-2)21(24)25-20-7-5-6-15-8-9-16(22)13-18(15)20/h5-13H,3-4H2,1-2H3,(H2,24,25). The van der Waals surface area contributed by atoms with Gasteiger partial charge in [-0.05, 0) is 60.7 Å². The van der Waals surface area contributed by atoms with Crippen LogP contribution in [0.1, 0.15) is 19.4 Å². The third-order valence-electron chi connectivity index (χ3n) is 4.37. The number of benzene rings is 3. The molecule has 5 heteroatoms. The first-order valence-corrected chi connectivity index (χ1v) is 8.62. The van der Waals surface area contributed by atoms with Crippen molar-refractivity contribution in [3.63, 3.8) is 0 Å². The molecule has 3 aromatic carbocycles. The topological polar surface area (TPSA) is 41.6 Å². The molecule has 0 heterocycles. The normalized spacial score (nSPS) is 11.8. The van der Waals surface area contributed by atoms with E-state index < -0.39 is 0 Å². The summed E-state index contributed by atoms with van der Waals surface area (Å²) in [4.78, 5) is 6.32. The quantitative estimate of drug-likeness (QED) is 0.520. The number of nitrogens with zero attached hydrogens (tertiary/aromatic N) is 2. The molecule has 0 aliphatic heterocycles. The minimum absolute atomic E-state index is 0.229. The van der Waals surface area contributed by atoms with Crippen molar-refractivity contribution in [1.82, 2.24) is 0 Å². The number of aliphatic imine (C=N–C) groups is 1. The summed E-state index contributed by atoms with van der Waals surface area (Å²) in [6, 6.07) is 15.0. The van der Waals surface area contributed by atoms with Crippen molar-refractivity contribution in [2.45, 2.75) is 20.3 Å². The Morgan fingerprint density at radius 3 is 2.58 bits per heavy atom. The van der Waals surface area contributed by atoms with Crippen LogP contribution in [0.3, 0.4) is 0 Å². The number of hydrogen-bond acceptors (Lipinski definition) is 1. The zero-order valence-corrected chi connectivity index (χ0v) is 14.8. The summed E-state index contributed by atoms with van der Waals surface area (Å²) in [6.45, 7) is 4.42. The Balaban J connectivity index is 2.04. The molecule has 0 saturated carbocycles. The van der Waals surface area contributed by atoms with Crippen LogP contribution in [0.5, 0.6) is 0 Å². The molecule has 0 radical (unpaired) electrons. The van der Waals surface area contributed by atoms with Gasteiger partial charge < -0.3 is 10.6 Å². The fourth-order valence-corrected chi connectivity index (χ4v) is 2.99. The summed E-state index contributed by atoms with van der Waals surface area (Å²) in [5, 5.41) is 1.58. The van der Waals surface area contributed by atoms with Crippen molar-refractivity contribution in [3.05, 3.63) is 71.8 Å². The molecule has 0 atom stereocenters. The SMILES string of the molecule is CCc1cc(N(CC)C(N)=Nc2cccc3ccc(F)cc23)ccc1F. The van der Waals surface area contributed by atoms with Crippen LogP contribution in [-0.2, 0) is 6.42 Å². The number of hydrogen-bond donors (Lipinski definition) is 1. The predicted molar refractivity (Wildman–Crippen MR) is 104 cm³/mol. The molecule has 0 fully saturated rings.